The lowest BCUT2D eigenvalue weighted by molar-refractivity contribution is 0.124. The van der Waals surface area contributed by atoms with Crippen LogP contribution in [0.1, 0.15) is 40.2 Å². The smallest absolute Gasteiger partial charge is 0.168 e. The minimum Gasteiger partial charge on any atom is -0.485 e. The zero-order valence-corrected chi connectivity index (χ0v) is 10.0. The summed E-state index contributed by atoms with van der Waals surface area (Å²) >= 11 is 0. The minimum atomic E-state index is -0.374. The molecular formula is C13H18FO. The Hall–Kier alpha value is -1.05. The first-order valence-electron chi connectivity index (χ1n) is 5.09. The molecule has 0 heterocycles. The maximum absolute atomic E-state index is 13.9. The summed E-state index contributed by atoms with van der Waals surface area (Å²) in [6.07, 6.45) is 0. The van der Waals surface area contributed by atoms with Crippen LogP contribution in [0, 0.1) is 11.7 Å². The highest BCUT2D eigenvalue weighted by Gasteiger charge is 2.17. The molecule has 1 rings (SSSR count). The Bertz CT molecular complexity index is 337. The van der Waals surface area contributed by atoms with Gasteiger partial charge in [0, 0.05) is 5.92 Å². The van der Waals surface area contributed by atoms with Crippen molar-refractivity contribution < 1.29 is 9.13 Å². The highest BCUT2D eigenvalue weighted by Crippen LogP contribution is 2.27. The van der Waals surface area contributed by atoms with Crippen LogP contribution in [0.25, 0.3) is 0 Å². The maximum Gasteiger partial charge on any atom is 0.168 e. The minimum absolute atomic E-state index is 0.271. The van der Waals surface area contributed by atoms with Crippen LogP contribution in [-0.4, -0.2) is 5.60 Å². The molecule has 2 heteroatoms. The lowest BCUT2D eigenvalue weighted by Crippen LogP contribution is -2.23. The summed E-state index contributed by atoms with van der Waals surface area (Å²) in [5.41, 5.74) is 0.248. The van der Waals surface area contributed by atoms with Gasteiger partial charge in [-0.1, -0.05) is 26.0 Å². The molecule has 1 nitrogen and oxygen atoms in total. The van der Waals surface area contributed by atoms with Crippen LogP contribution in [0.15, 0.2) is 18.2 Å². The third-order valence-corrected chi connectivity index (χ3v) is 1.92. The van der Waals surface area contributed by atoms with Crippen LogP contribution in [0.4, 0.5) is 4.39 Å². The average Bonchev–Trinajstić information content (AvgIpc) is 2.05. The molecule has 0 spiro atoms. The number of rotatable bonds is 2. The summed E-state index contributed by atoms with van der Waals surface area (Å²) in [5, 5.41) is 0. The molecule has 0 bridgehead atoms. The average molecular weight is 209 g/mol. The number of hydrogen-bond acceptors (Lipinski definition) is 1. The van der Waals surface area contributed by atoms with Gasteiger partial charge in [0.05, 0.1) is 0 Å². The molecule has 1 radical (unpaired) electrons. The summed E-state index contributed by atoms with van der Waals surface area (Å²) in [7, 11) is 0. The van der Waals surface area contributed by atoms with E-state index in [2.05, 4.69) is 0 Å². The third-order valence-electron chi connectivity index (χ3n) is 1.92. The van der Waals surface area contributed by atoms with Crippen molar-refractivity contribution in [1.29, 1.82) is 0 Å². The molecule has 0 aliphatic heterocycles. The predicted molar refractivity (Wildman–Crippen MR) is 60.5 cm³/mol. The predicted octanol–water partition coefficient (Wildman–Crippen LogP) is 3.97. The molecule has 0 aromatic heterocycles. The second-order valence-corrected chi connectivity index (χ2v) is 4.83. The van der Waals surface area contributed by atoms with Crippen LogP contribution in [0.2, 0.25) is 0 Å². The second-order valence-electron chi connectivity index (χ2n) is 4.83. The molecule has 1 aromatic rings. The highest BCUT2D eigenvalue weighted by molar-refractivity contribution is 5.38. The van der Waals surface area contributed by atoms with Crippen LogP contribution in [0.5, 0.6) is 5.75 Å². The van der Waals surface area contributed by atoms with E-state index in [1.807, 2.05) is 40.7 Å². The Kier molecular flexibility index (Phi) is 3.38. The van der Waals surface area contributed by atoms with Crippen molar-refractivity contribution in [3.8, 4) is 5.75 Å². The van der Waals surface area contributed by atoms with Gasteiger partial charge >= 0.3 is 0 Å². The first-order chi connectivity index (χ1) is 6.81. The molecule has 0 amide bonds. The second kappa shape index (κ2) is 4.21. The van der Waals surface area contributed by atoms with E-state index < -0.39 is 0 Å². The third kappa shape index (κ3) is 3.22. The topological polar surface area (TPSA) is 9.23 Å². The normalized spacial score (nSPS) is 11.9. The summed E-state index contributed by atoms with van der Waals surface area (Å²) in [5.74, 6) is 1.00. The van der Waals surface area contributed by atoms with Crippen molar-refractivity contribution in [3.63, 3.8) is 0 Å². The fourth-order valence-electron chi connectivity index (χ4n) is 1.31. The van der Waals surface area contributed by atoms with Gasteiger partial charge in [-0.25, -0.2) is 4.39 Å². The van der Waals surface area contributed by atoms with Crippen LogP contribution >= 0.6 is 0 Å². The monoisotopic (exact) mass is 209 g/mol. The molecule has 0 aliphatic carbocycles. The van der Waals surface area contributed by atoms with E-state index in [-0.39, 0.29) is 11.4 Å². The van der Waals surface area contributed by atoms with Gasteiger partial charge in [0.25, 0.3) is 0 Å². The van der Waals surface area contributed by atoms with Gasteiger partial charge in [-0.2, -0.15) is 0 Å². The molecule has 0 atom stereocenters. The van der Waals surface area contributed by atoms with E-state index in [0.29, 0.717) is 11.3 Å². The number of benzene rings is 1. The Morgan fingerprint density at radius 3 is 2.27 bits per heavy atom. The van der Waals surface area contributed by atoms with E-state index >= 15 is 0 Å². The van der Waals surface area contributed by atoms with Crippen LogP contribution < -0.4 is 4.74 Å². The van der Waals surface area contributed by atoms with Gasteiger partial charge in [0.15, 0.2) is 11.6 Å². The van der Waals surface area contributed by atoms with Crippen LogP contribution in [0.3, 0.4) is 0 Å². The first kappa shape index (κ1) is 12.0. The number of halogens is 1. The molecule has 0 aliphatic rings. The first-order valence-corrected chi connectivity index (χ1v) is 5.09. The van der Waals surface area contributed by atoms with Gasteiger partial charge in [-0.05, 0) is 32.4 Å². The van der Waals surface area contributed by atoms with Crippen molar-refractivity contribution in [1.82, 2.24) is 0 Å². The molecule has 1 aromatic carbocycles. The molecule has 0 N–H and O–H groups in total. The molecule has 0 saturated heterocycles. The van der Waals surface area contributed by atoms with Crippen molar-refractivity contribution in [2.24, 2.45) is 0 Å². The van der Waals surface area contributed by atoms with Gasteiger partial charge in [-0.15, -0.1) is 0 Å². The molecule has 83 valence electrons. The van der Waals surface area contributed by atoms with Gasteiger partial charge in [0.2, 0.25) is 0 Å². The van der Waals surface area contributed by atoms with E-state index in [0.717, 1.165) is 5.92 Å². The largest absolute Gasteiger partial charge is 0.485 e. The number of hydrogen-bond donors (Lipinski definition) is 0. The fraction of sp³-hybridized carbons (Fsp3) is 0.462. The lowest BCUT2D eigenvalue weighted by atomic mass is 10.0. The lowest BCUT2D eigenvalue weighted by Gasteiger charge is -2.22. The molecule has 0 saturated carbocycles. The van der Waals surface area contributed by atoms with Crippen molar-refractivity contribution in [2.75, 3.05) is 0 Å². The standard InChI is InChI=1S/C13H18FO/c1-9(2)10-7-6-8-11(12(10)14)15-13(3,4)5/h6-8H,1-5H3. The molecule has 0 unspecified atom stereocenters. The van der Waals surface area contributed by atoms with E-state index in [9.17, 15) is 4.39 Å². The van der Waals surface area contributed by atoms with Gasteiger partial charge in [-0.3, -0.25) is 0 Å². The number of ether oxygens (including phenoxy) is 1. The van der Waals surface area contributed by atoms with E-state index in [4.69, 9.17) is 4.74 Å². The Morgan fingerprint density at radius 2 is 1.80 bits per heavy atom. The maximum atomic E-state index is 13.9. The van der Waals surface area contributed by atoms with Crippen LogP contribution in [-0.2, 0) is 0 Å². The Labute approximate surface area is 91.3 Å². The van der Waals surface area contributed by atoms with Crippen molar-refractivity contribution in [2.45, 2.75) is 40.2 Å². The quantitative estimate of drug-likeness (QED) is 0.716. The van der Waals surface area contributed by atoms with Gasteiger partial charge in [0.1, 0.15) is 5.60 Å². The zero-order valence-electron chi connectivity index (χ0n) is 10.0. The Morgan fingerprint density at radius 1 is 1.20 bits per heavy atom. The zero-order chi connectivity index (χ0) is 11.6. The summed E-state index contributed by atoms with van der Waals surface area (Å²) in [4.78, 5) is 0. The SMILES string of the molecule is C[C](C)c1cccc(OC(C)(C)C)c1F. The van der Waals surface area contributed by atoms with E-state index in [1.165, 1.54) is 0 Å². The van der Waals surface area contributed by atoms with Crippen molar-refractivity contribution in [3.05, 3.63) is 35.5 Å². The fourth-order valence-corrected chi connectivity index (χ4v) is 1.31. The van der Waals surface area contributed by atoms with Crippen molar-refractivity contribution >= 4 is 0 Å². The Balaban J connectivity index is 3.05. The highest BCUT2D eigenvalue weighted by atomic mass is 19.1. The summed E-state index contributed by atoms with van der Waals surface area (Å²) < 4.78 is 19.4. The van der Waals surface area contributed by atoms with Gasteiger partial charge < -0.3 is 4.74 Å². The molecule has 0 fully saturated rings. The summed E-state index contributed by atoms with van der Waals surface area (Å²) in [6, 6.07) is 5.24. The molecular weight excluding hydrogens is 191 g/mol. The van der Waals surface area contributed by atoms with E-state index in [1.54, 1.807) is 12.1 Å². The molecule has 15 heavy (non-hydrogen) atoms. The summed E-state index contributed by atoms with van der Waals surface area (Å²) in [6.45, 7) is 9.49.